The van der Waals surface area contributed by atoms with Crippen molar-refractivity contribution in [2.45, 2.75) is 46.5 Å². The third-order valence-electron chi connectivity index (χ3n) is 3.95. The Morgan fingerprint density at radius 1 is 1.08 bits per heavy atom. The van der Waals surface area contributed by atoms with Crippen LogP contribution < -0.4 is 5.43 Å². The zero-order valence-electron chi connectivity index (χ0n) is 15.1. The van der Waals surface area contributed by atoms with E-state index >= 15 is 0 Å². The molecule has 0 radical (unpaired) electrons. The van der Waals surface area contributed by atoms with Crippen molar-refractivity contribution in [3.05, 3.63) is 48.1 Å². The number of anilines is 1. The summed E-state index contributed by atoms with van der Waals surface area (Å²) in [5, 5.41) is 22.2. The van der Waals surface area contributed by atoms with E-state index < -0.39 is 0 Å². The molecule has 1 aliphatic rings. The van der Waals surface area contributed by atoms with Gasteiger partial charge in [-0.15, -0.1) is 0 Å². The monoisotopic (exact) mass is 325 g/mol. The maximum Gasteiger partial charge on any atom is 0.140 e. The molecule has 0 spiro atoms. The Kier molecular flexibility index (Phi) is 4.97. The molecule has 4 nitrogen and oxygen atoms in total. The van der Waals surface area contributed by atoms with E-state index in [1.54, 1.807) is 24.3 Å². The van der Waals surface area contributed by atoms with Gasteiger partial charge in [0.05, 0.1) is 11.4 Å². The first kappa shape index (κ1) is 18.0. The summed E-state index contributed by atoms with van der Waals surface area (Å²) >= 11 is 0. The smallest absolute Gasteiger partial charge is 0.140 e. The highest BCUT2D eigenvalue weighted by molar-refractivity contribution is 6.50. The lowest BCUT2D eigenvalue weighted by Gasteiger charge is -2.33. The summed E-state index contributed by atoms with van der Waals surface area (Å²) < 4.78 is 0. The number of hydrogen-bond donors (Lipinski definition) is 3. The minimum atomic E-state index is -0.0181. The van der Waals surface area contributed by atoms with Crippen molar-refractivity contribution in [3.63, 3.8) is 0 Å². The highest BCUT2D eigenvalue weighted by atomic mass is 16.3. The van der Waals surface area contributed by atoms with Gasteiger partial charge >= 0.3 is 0 Å². The minimum Gasteiger partial charge on any atom is -0.506 e. The summed E-state index contributed by atoms with van der Waals surface area (Å²) in [7, 11) is 0. The molecule has 1 aliphatic carbocycles. The average molecular weight is 325 g/mol. The van der Waals surface area contributed by atoms with Crippen molar-refractivity contribution in [3.8, 4) is 5.75 Å². The van der Waals surface area contributed by atoms with E-state index in [0.29, 0.717) is 17.1 Å². The van der Waals surface area contributed by atoms with Crippen molar-refractivity contribution in [1.82, 2.24) is 0 Å². The van der Waals surface area contributed by atoms with Gasteiger partial charge in [-0.3, -0.25) is 10.8 Å². The van der Waals surface area contributed by atoms with Crippen LogP contribution in [-0.2, 0) is 5.41 Å². The van der Waals surface area contributed by atoms with Crippen LogP contribution in [0.4, 0.5) is 5.69 Å². The molecule has 0 saturated heterocycles. The summed E-state index contributed by atoms with van der Waals surface area (Å²) in [4.78, 5) is 0. The largest absolute Gasteiger partial charge is 0.506 e. The van der Waals surface area contributed by atoms with Gasteiger partial charge in [0.15, 0.2) is 0 Å². The second kappa shape index (κ2) is 6.63. The molecule has 0 atom stereocenters. The minimum absolute atomic E-state index is 0.0181. The molecule has 0 fully saturated rings. The summed E-state index contributed by atoms with van der Waals surface area (Å²) in [6, 6.07) is 5.60. The van der Waals surface area contributed by atoms with E-state index in [0.717, 1.165) is 12.0 Å². The third kappa shape index (κ3) is 4.57. The maximum atomic E-state index is 10.1. The highest BCUT2D eigenvalue weighted by Gasteiger charge is 2.27. The normalized spacial score (nSPS) is 16.7. The van der Waals surface area contributed by atoms with Crippen LogP contribution >= 0.6 is 0 Å². The molecule has 0 bridgehead atoms. The maximum absolute atomic E-state index is 10.1. The van der Waals surface area contributed by atoms with Crippen LogP contribution in [0.15, 0.2) is 47.6 Å². The van der Waals surface area contributed by atoms with Gasteiger partial charge in [-0.1, -0.05) is 52.8 Å². The Labute approximate surface area is 144 Å². The number of nitrogens with one attached hydrogen (secondary N) is 2. The Balaban J connectivity index is 2.26. The average Bonchev–Trinajstić information content (AvgIpc) is 2.45. The molecule has 1 aromatic rings. The zero-order chi connectivity index (χ0) is 18.0. The lowest BCUT2D eigenvalue weighted by molar-refractivity contribution is 0.284. The van der Waals surface area contributed by atoms with Crippen LogP contribution in [0, 0.1) is 10.8 Å². The van der Waals surface area contributed by atoms with Gasteiger partial charge in [-0.25, -0.2) is 0 Å². The molecule has 0 heterocycles. The van der Waals surface area contributed by atoms with Crippen molar-refractivity contribution < 1.29 is 5.11 Å². The first-order valence-corrected chi connectivity index (χ1v) is 8.19. The van der Waals surface area contributed by atoms with Crippen LogP contribution in [0.3, 0.4) is 0 Å². The number of phenolic OH excluding ortho intramolecular Hbond substituents is 1. The number of rotatable bonds is 4. The van der Waals surface area contributed by atoms with E-state index in [1.807, 2.05) is 18.2 Å². The van der Waals surface area contributed by atoms with Crippen LogP contribution in [0.25, 0.3) is 0 Å². The standard InChI is InChI=1S/C20H27N3O/c1-19(2,3)13-20(4,5)14-10-11-18(24)17(12-14)23-22-16-9-7-6-8-15(16)21/h6-12,21,23-24H,13H2,1-5H3/b21-15?,22-16-. The lowest BCUT2D eigenvalue weighted by Crippen LogP contribution is -2.24. The van der Waals surface area contributed by atoms with Crippen molar-refractivity contribution in [1.29, 1.82) is 5.41 Å². The van der Waals surface area contributed by atoms with E-state index in [4.69, 9.17) is 5.41 Å². The summed E-state index contributed by atoms with van der Waals surface area (Å²) in [6.07, 6.45) is 8.11. The Morgan fingerprint density at radius 3 is 2.38 bits per heavy atom. The number of allylic oxidation sites excluding steroid dienone is 4. The topological polar surface area (TPSA) is 68.5 Å². The number of phenols is 1. The van der Waals surface area contributed by atoms with Crippen LogP contribution in [0.1, 0.15) is 46.6 Å². The van der Waals surface area contributed by atoms with Gasteiger partial charge in [0.1, 0.15) is 11.5 Å². The Hall–Kier alpha value is -2.36. The third-order valence-corrected chi connectivity index (χ3v) is 3.95. The van der Waals surface area contributed by atoms with Crippen LogP contribution in [0.5, 0.6) is 5.75 Å². The predicted octanol–water partition coefficient (Wildman–Crippen LogP) is 5.02. The van der Waals surface area contributed by atoms with E-state index in [1.165, 1.54) is 0 Å². The summed E-state index contributed by atoms with van der Waals surface area (Å²) in [5.41, 5.74) is 5.67. The molecule has 0 aromatic heterocycles. The number of hydrogen-bond acceptors (Lipinski definition) is 4. The fraction of sp³-hybridized carbons (Fsp3) is 0.400. The second-order valence-electron chi connectivity index (χ2n) is 8.09. The second-order valence-corrected chi connectivity index (χ2v) is 8.09. The molecular weight excluding hydrogens is 298 g/mol. The molecule has 0 unspecified atom stereocenters. The fourth-order valence-electron chi connectivity index (χ4n) is 3.17. The fourth-order valence-corrected chi connectivity index (χ4v) is 3.17. The van der Waals surface area contributed by atoms with Crippen LogP contribution in [0.2, 0.25) is 0 Å². The zero-order valence-corrected chi connectivity index (χ0v) is 15.1. The van der Waals surface area contributed by atoms with Crippen molar-refractivity contribution in [2.24, 2.45) is 10.5 Å². The van der Waals surface area contributed by atoms with Crippen LogP contribution in [-0.4, -0.2) is 16.5 Å². The van der Waals surface area contributed by atoms with Gasteiger partial charge in [-0.05, 0) is 47.1 Å². The summed E-state index contributed by atoms with van der Waals surface area (Å²) in [6.45, 7) is 11.1. The van der Waals surface area contributed by atoms with Gasteiger partial charge in [0, 0.05) is 0 Å². The van der Waals surface area contributed by atoms with Gasteiger partial charge in [0.25, 0.3) is 0 Å². The number of benzene rings is 1. The van der Waals surface area contributed by atoms with Crippen molar-refractivity contribution >= 4 is 17.1 Å². The van der Waals surface area contributed by atoms with Gasteiger partial charge in [-0.2, -0.15) is 5.10 Å². The number of hydrazone groups is 1. The molecule has 0 amide bonds. The molecule has 2 rings (SSSR count). The van der Waals surface area contributed by atoms with E-state index in [2.05, 4.69) is 45.1 Å². The number of aromatic hydroxyl groups is 1. The number of nitrogens with zero attached hydrogens (tertiary/aromatic N) is 1. The molecule has 128 valence electrons. The Morgan fingerprint density at radius 2 is 1.75 bits per heavy atom. The Bertz CT molecular complexity index is 719. The molecule has 0 aliphatic heterocycles. The molecule has 24 heavy (non-hydrogen) atoms. The molecule has 3 N–H and O–H groups in total. The molecule has 0 saturated carbocycles. The molecular formula is C20H27N3O. The predicted molar refractivity (Wildman–Crippen MR) is 102 cm³/mol. The van der Waals surface area contributed by atoms with Crippen molar-refractivity contribution in [2.75, 3.05) is 5.43 Å². The summed E-state index contributed by atoms with van der Waals surface area (Å²) in [5.74, 6) is 0.150. The van der Waals surface area contributed by atoms with E-state index in [-0.39, 0.29) is 16.6 Å². The highest BCUT2D eigenvalue weighted by Crippen LogP contribution is 2.38. The SMILES string of the molecule is CC(C)(C)CC(C)(C)c1ccc(O)c(N/N=C2/C=CC=CC2=N)c1. The molecule has 1 aromatic carbocycles. The first-order chi connectivity index (χ1) is 11.1. The molecule has 4 heteroatoms. The van der Waals surface area contributed by atoms with Gasteiger partial charge < -0.3 is 5.11 Å². The lowest BCUT2D eigenvalue weighted by atomic mass is 9.72. The first-order valence-electron chi connectivity index (χ1n) is 8.19. The van der Waals surface area contributed by atoms with Gasteiger partial charge in [0.2, 0.25) is 0 Å². The van der Waals surface area contributed by atoms with E-state index in [9.17, 15) is 5.11 Å². The quantitative estimate of drug-likeness (QED) is 0.413.